The molecule has 1 aliphatic rings. The summed E-state index contributed by atoms with van der Waals surface area (Å²) in [5, 5.41) is 0. The molecular weight excluding hydrogens is 305 g/mol. The van der Waals surface area contributed by atoms with Crippen LogP contribution in [0.5, 0.6) is 0 Å². The van der Waals surface area contributed by atoms with Crippen LogP contribution < -0.4 is 0 Å². The van der Waals surface area contributed by atoms with Crippen molar-refractivity contribution < 1.29 is 14.0 Å². The summed E-state index contributed by atoms with van der Waals surface area (Å²) >= 11 is 0. The van der Waals surface area contributed by atoms with Gasteiger partial charge in [-0.15, -0.1) is 0 Å². The SMILES string of the molecule is C/C=C(\CC=O)CN1CCC(CC(=O)Cc2ccccc2F)CC1. The van der Waals surface area contributed by atoms with Crippen LogP contribution in [0.15, 0.2) is 35.9 Å². The van der Waals surface area contributed by atoms with Gasteiger partial charge in [0.1, 0.15) is 17.9 Å². The molecule has 0 saturated carbocycles. The van der Waals surface area contributed by atoms with Crippen molar-refractivity contribution in [2.75, 3.05) is 19.6 Å². The van der Waals surface area contributed by atoms with E-state index >= 15 is 0 Å². The zero-order valence-corrected chi connectivity index (χ0v) is 14.3. The van der Waals surface area contributed by atoms with Crippen molar-refractivity contribution >= 4 is 12.1 Å². The third kappa shape index (κ3) is 5.68. The summed E-state index contributed by atoms with van der Waals surface area (Å²) in [6, 6.07) is 6.49. The topological polar surface area (TPSA) is 37.4 Å². The van der Waals surface area contributed by atoms with E-state index in [1.807, 2.05) is 13.0 Å². The Hall–Kier alpha value is -1.81. The van der Waals surface area contributed by atoms with Crippen LogP contribution in [-0.4, -0.2) is 36.6 Å². The Labute approximate surface area is 143 Å². The number of carbonyl (C=O) groups is 2. The number of aldehydes is 1. The van der Waals surface area contributed by atoms with E-state index in [0.29, 0.717) is 24.3 Å². The smallest absolute Gasteiger partial charge is 0.137 e. The molecule has 0 amide bonds. The molecular formula is C20H26FNO2. The first kappa shape index (κ1) is 18.5. The van der Waals surface area contributed by atoms with Crippen LogP contribution in [0.25, 0.3) is 0 Å². The molecule has 0 unspecified atom stereocenters. The van der Waals surface area contributed by atoms with E-state index in [0.717, 1.165) is 44.3 Å². The Morgan fingerprint density at radius 3 is 2.62 bits per heavy atom. The van der Waals surface area contributed by atoms with Crippen molar-refractivity contribution in [2.24, 2.45) is 5.92 Å². The zero-order chi connectivity index (χ0) is 17.4. The van der Waals surface area contributed by atoms with Gasteiger partial charge in [-0.05, 0) is 50.4 Å². The highest BCUT2D eigenvalue weighted by Gasteiger charge is 2.22. The van der Waals surface area contributed by atoms with Gasteiger partial charge in [-0.2, -0.15) is 0 Å². The lowest BCUT2D eigenvalue weighted by Gasteiger charge is -2.32. The van der Waals surface area contributed by atoms with Crippen molar-refractivity contribution in [2.45, 2.75) is 39.0 Å². The number of Topliss-reactive ketones (excluding diaryl/α,β-unsaturated/α-hetero) is 1. The molecule has 1 aromatic rings. The van der Waals surface area contributed by atoms with Gasteiger partial charge in [0.2, 0.25) is 0 Å². The van der Waals surface area contributed by atoms with Gasteiger partial charge in [-0.1, -0.05) is 29.8 Å². The third-order valence-corrected chi connectivity index (χ3v) is 4.75. The normalized spacial score (nSPS) is 17.0. The summed E-state index contributed by atoms with van der Waals surface area (Å²) in [6.45, 7) is 4.71. The number of nitrogens with zero attached hydrogens (tertiary/aromatic N) is 1. The van der Waals surface area contributed by atoms with Gasteiger partial charge in [0.15, 0.2) is 0 Å². The number of carbonyl (C=O) groups excluding carboxylic acids is 2. The number of likely N-dealkylation sites (tertiary alicyclic amines) is 1. The second-order valence-electron chi connectivity index (χ2n) is 6.55. The molecule has 0 bridgehead atoms. The van der Waals surface area contributed by atoms with Gasteiger partial charge in [0, 0.05) is 25.8 Å². The predicted molar refractivity (Wildman–Crippen MR) is 93.3 cm³/mol. The number of benzene rings is 1. The fourth-order valence-electron chi connectivity index (χ4n) is 3.26. The molecule has 3 nitrogen and oxygen atoms in total. The quantitative estimate of drug-likeness (QED) is 0.540. The Kier molecular flexibility index (Phi) is 7.32. The van der Waals surface area contributed by atoms with Gasteiger partial charge in [0.05, 0.1) is 0 Å². The minimum Gasteiger partial charge on any atom is -0.303 e. The Bertz CT molecular complexity index is 589. The maximum absolute atomic E-state index is 13.6. The van der Waals surface area contributed by atoms with Gasteiger partial charge in [0.25, 0.3) is 0 Å². The summed E-state index contributed by atoms with van der Waals surface area (Å²) in [5.41, 5.74) is 1.64. The molecule has 1 aliphatic heterocycles. The molecule has 4 heteroatoms. The number of halogens is 1. The Morgan fingerprint density at radius 2 is 2.00 bits per heavy atom. The largest absolute Gasteiger partial charge is 0.303 e. The summed E-state index contributed by atoms with van der Waals surface area (Å²) in [6.07, 6.45) is 6.16. The van der Waals surface area contributed by atoms with E-state index in [2.05, 4.69) is 4.90 Å². The highest BCUT2D eigenvalue weighted by atomic mass is 19.1. The molecule has 0 N–H and O–H groups in total. The molecule has 24 heavy (non-hydrogen) atoms. The number of allylic oxidation sites excluding steroid dienone is 1. The van der Waals surface area contributed by atoms with Crippen LogP contribution in [0.4, 0.5) is 4.39 Å². The molecule has 1 aromatic carbocycles. The molecule has 1 heterocycles. The maximum atomic E-state index is 13.6. The predicted octanol–water partition coefficient (Wildman–Crippen LogP) is 3.57. The van der Waals surface area contributed by atoms with Gasteiger partial charge < -0.3 is 4.79 Å². The summed E-state index contributed by atoms with van der Waals surface area (Å²) < 4.78 is 13.6. The van der Waals surface area contributed by atoms with Gasteiger partial charge in [-0.3, -0.25) is 9.69 Å². The summed E-state index contributed by atoms with van der Waals surface area (Å²) in [7, 11) is 0. The van der Waals surface area contributed by atoms with Crippen molar-refractivity contribution in [1.82, 2.24) is 4.90 Å². The van der Waals surface area contributed by atoms with Crippen LogP contribution in [0, 0.1) is 11.7 Å². The highest BCUT2D eigenvalue weighted by molar-refractivity contribution is 5.81. The molecule has 2 rings (SSSR count). The zero-order valence-electron chi connectivity index (χ0n) is 14.3. The minimum atomic E-state index is -0.297. The minimum absolute atomic E-state index is 0.119. The fourth-order valence-corrected chi connectivity index (χ4v) is 3.26. The van der Waals surface area contributed by atoms with Crippen LogP contribution >= 0.6 is 0 Å². The Balaban J connectivity index is 1.75. The van der Waals surface area contributed by atoms with E-state index < -0.39 is 0 Å². The standard InChI is InChI=1S/C20H26FNO2/c1-2-16(9-12-23)15-22-10-7-17(8-11-22)13-19(24)14-18-5-3-4-6-20(18)21/h2-6,12,17H,7-11,13-15H2,1H3/b16-2+. The average molecular weight is 331 g/mol. The first-order chi connectivity index (χ1) is 11.6. The number of rotatable bonds is 8. The van der Waals surface area contributed by atoms with Gasteiger partial charge >= 0.3 is 0 Å². The van der Waals surface area contributed by atoms with E-state index in [9.17, 15) is 14.0 Å². The van der Waals surface area contributed by atoms with Crippen molar-refractivity contribution in [3.8, 4) is 0 Å². The van der Waals surface area contributed by atoms with Crippen LogP contribution in [-0.2, 0) is 16.0 Å². The number of piperidine rings is 1. The van der Waals surface area contributed by atoms with E-state index in [-0.39, 0.29) is 18.0 Å². The lowest BCUT2D eigenvalue weighted by Crippen LogP contribution is -2.35. The summed E-state index contributed by atoms with van der Waals surface area (Å²) in [4.78, 5) is 25.2. The van der Waals surface area contributed by atoms with Crippen molar-refractivity contribution in [3.63, 3.8) is 0 Å². The molecule has 0 aliphatic carbocycles. The third-order valence-electron chi connectivity index (χ3n) is 4.75. The average Bonchev–Trinajstić information content (AvgIpc) is 2.58. The second kappa shape index (κ2) is 9.48. The lowest BCUT2D eigenvalue weighted by molar-refractivity contribution is -0.119. The molecule has 1 saturated heterocycles. The van der Waals surface area contributed by atoms with Crippen molar-refractivity contribution in [3.05, 3.63) is 47.3 Å². The molecule has 0 atom stereocenters. The van der Waals surface area contributed by atoms with E-state index in [4.69, 9.17) is 0 Å². The number of hydrogen-bond acceptors (Lipinski definition) is 3. The molecule has 0 aromatic heterocycles. The monoisotopic (exact) mass is 331 g/mol. The van der Waals surface area contributed by atoms with Crippen LogP contribution in [0.3, 0.4) is 0 Å². The highest BCUT2D eigenvalue weighted by Crippen LogP contribution is 2.22. The Morgan fingerprint density at radius 1 is 1.29 bits per heavy atom. The van der Waals surface area contributed by atoms with Crippen LogP contribution in [0.2, 0.25) is 0 Å². The summed E-state index contributed by atoms with van der Waals surface area (Å²) in [5.74, 6) is 0.212. The molecule has 130 valence electrons. The number of ketones is 1. The van der Waals surface area contributed by atoms with E-state index in [1.54, 1.807) is 18.2 Å². The lowest BCUT2D eigenvalue weighted by atomic mass is 9.90. The van der Waals surface area contributed by atoms with E-state index in [1.165, 1.54) is 6.07 Å². The first-order valence-corrected chi connectivity index (χ1v) is 8.67. The second-order valence-corrected chi connectivity index (χ2v) is 6.55. The molecule has 0 spiro atoms. The molecule has 0 radical (unpaired) electrons. The molecule has 1 fully saturated rings. The van der Waals surface area contributed by atoms with Crippen molar-refractivity contribution in [1.29, 1.82) is 0 Å². The fraction of sp³-hybridized carbons (Fsp3) is 0.500. The maximum Gasteiger partial charge on any atom is 0.137 e. The van der Waals surface area contributed by atoms with Gasteiger partial charge in [-0.25, -0.2) is 4.39 Å². The first-order valence-electron chi connectivity index (χ1n) is 8.67. The van der Waals surface area contributed by atoms with Crippen LogP contribution in [0.1, 0.15) is 38.2 Å². The number of hydrogen-bond donors (Lipinski definition) is 0.